The summed E-state index contributed by atoms with van der Waals surface area (Å²) in [7, 11) is 1.31. The molecule has 0 bridgehead atoms. The lowest BCUT2D eigenvalue weighted by Gasteiger charge is -2.09. The van der Waals surface area contributed by atoms with Crippen LogP contribution >= 0.6 is 15.9 Å². The first-order valence-electron chi connectivity index (χ1n) is 6.53. The Morgan fingerprint density at radius 3 is 2.55 bits per heavy atom. The fourth-order valence-electron chi connectivity index (χ4n) is 2.20. The molecule has 0 N–H and O–H groups in total. The number of rotatable bonds is 4. The van der Waals surface area contributed by atoms with Gasteiger partial charge in [-0.3, -0.25) is 10.1 Å². The number of nitrogens with zero attached hydrogens (tertiary/aromatic N) is 1. The highest BCUT2D eigenvalue weighted by atomic mass is 79.9. The summed E-state index contributed by atoms with van der Waals surface area (Å²) >= 11 is 3.31. The van der Waals surface area contributed by atoms with Gasteiger partial charge in [0.2, 0.25) is 0 Å². The van der Waals surface area contributed by atoms with Gasteiger partial charge in [0, 0.05) is 22.5 Å². The second kappa shape index (κ2) is 6.70. The Labute approximate surface area is 136 Å². The van der Waals surface area contributed by atoms with Crippen LogP contribution in [0.3, 0.4) is 0 Å². The Balaban J connectivity index is 2.48. The molecule has 0 heterocycles. The molecule has 0 atom stereocenters. The Hall–Kier alpha value is -2.21. The topological polar surface area (TPSA) is 69.4 Å². The van der Waals surface area contributed by atoms with Crippen LogP contribution in [-0.2, 0) is 11.2 Å². The Kier molecular flexibility index (Phi) is 4.92. The first kappa shape index (κ1) is 16.2. The van der Waals surface area contributed by atoms with E-state index < -0.39 is 10.9 Å². The molecule has 0 aliphatic heterocycles. The molecule has 2 aromatic rings. The van der Waals surface area contributed by atoms with Crippen LogP contribution < -0.4 is 0 Å². The van der Waals surface area contributed by atoms with E-state index in [9.17, 15) is 14.9 Å². The normalized spacial score (nSPS) is 10.3. The fraction of sp³-hybridized carbons (Fsp3) is 0.188. The van der Waals surface area contributed by atoms with Crippen molar-refractivity contribution in [2.75, 3.05) is 7.11 Å². The van der Waals surface area contributed by atoms with Crippen LogP contribution in [0.25, 0.3) is 0 Å². The predicted octanol–water partition coefficient (Wildman–Crippen LogP) is 4.04. The van der Waals surface area contributed by atoms with Gasteiger partial charge in [0.05, 0.1) is 17.6 Å². The van der Waals surface area contributed by atoms with Crippen molar-refractivity contribution >= 4 is 27.6 Å². The molecule has 0 fully saturated rings. The smallest absolute Gasteiger partial charge is 0.338 e. The number of carbonyl (C=O) groups is 1. The molecule has 6 heteroatoms. The fourth-order valence-corrected chi connectivity index (χ4v) is 2.56. The Morgan fingerprint density at radius 2 is 1.91 bits per heavy atom. The molecule has 0 saturated carbocycles. The molecule has 0 saturated heterocycles. The van der Waals surface area contributed by atoms with Crippen molar-refractivity contribution in [3.63, 3.8) is 0 Å². The molecule has 0 aliphatic carbocycles. The van der Waals surface area contributed by atoms with Gasteiger partial charge >= 0.3 is 5.97 Å². The maximum Gasteiger partial charge on any atom is 0.338 e. The average molecular weight is 364 g/mol. The maximum atomic E-state index is 11.9. The van der Waals surface area contributed by atoms with Gasteiger partial charge in [0.1, 0.15) is 0 Å². The molecule has 5 nitrogen and oxygen atoms in total. The highest BCUT2D eigenvalue weighted by molar-refractivity contribution is 9.10. The van der Waals surface area contributed by atoms with E-state index in [-0.39, 0.29) is 12.1 Å². The minimum Gasteiger partial charge on any atom is -0.465 e. The van der Waals surface area contributed by atoms with Crippen LogP contribution in [0.5, 0.6) is 0 Å². The monoisotopic (exact) mass is 363 g/mol. The first-order chi connectivity index (χ1) is 10.4. The summed E-state index contributed by atoms with van der Waals surface area (Å²) in [5.41, 5.74) is 2.51. The lowest BCUT2D eigenvalue weighted by atomic mass is 9.98. The van der Waals surface area contributed by atoms with Crippen LogP contribution in [0.4, 0.5) is 5.69 Å². The van der Waals surface area contributed by atoms with E-state index in [1.165, 1.54) is 13.2 Å². The van der Waals surface area contributed by atoms with E-state index >= 15 is 0 Å². The van der Waals surface area contributed by atoms with E-state index in [2.05, 4.69) is 15.9 Å². The summed E-state index contributed by atoms with van der Waals surface area (Å²) in [6, 6.07) is 10.3. The van der Waals surface area contributed by atoms with Crippen LogP contribution in [0.2, 0.25) is 0 Å². The van der Waals surface area contributed by atoms with E-state index in [1.807, 2.05) is 6.07 Å². The third-order valence-electron chi connectivity index (χ3n) is 3.30. The zero-order valence-electron chi connectivity index (χ0n) is 12.1. The summed E-state index contributed by atoms with van der Waals surface area (Å²) < 4.78 is 5.52. The lowest BCUT2D eigenvalue weighted by Crippen LogP contribution is -2.07. The third-order valence-corrected chi connectivity index (χ3v) is 3.79. The second-order valence-corrected chi connectivity index (χ2v) is 5.77. The largest absolute Gasteiger partial charge is 0.465 e. The van der Waals surface area contributed by atoms with E-state index in [0.29, 0.717) is 16.7 Å². The summed E-state index contributed by atoms with van der Waals surface area (Å²) in [5, 5.41) is 11.2. The molecule has 22 heavy (non-hydrogen) atoms. The molecular formula is C16H14BrNO4. The van der Waals surface area contributed by atoms with Crippen molar-refractivity contribution in [1.82, 2.24) is 0 Å². The average Bonchev–Trinajstić information content (AvgIpc) is 2.49. The first-order valence-corrected chi connectivity index (χ1v) is 7.32. The van der Waals surface area contributed by atoms with Gasteiger partial charge in [-0.15, -0.1) is 0 Å². The molecule has 0 aromatic heterocycles. The standard InChI is InChI=1S/C16H14BrNO4/c1-10-3-4-12(15(7-10)18(20)21)8-11-5-6-13(17)9-14(11)16(19)22-2/h3-7,9H,8H2,1-2H3. The van der Waals surface area contributed by atoms with E-state index in [4.69, 9.17) is 4.74 Å². The predicted molar refractivity (Wildman–Crippen MR) is 86.1 cm³/mol. The second-order valence-electron chi connectivity index (χ2n) is 4.86. The number of aryl methyl sites for hydroxylation is 1. The number of nitro groups is 1. The molecule has 0 radical (unpaired) electrons. The Morgan fingerprint density at radius 1 is 1.23 bits per heavy atom. The third kappa shape index (κ3) is 3.51. The molecule has 2 aromatic carbocycles. The number of hydrogen-bond acceptors (Lipinski definition) is 4. The van der Waals surface area contributed by atoms with Gasteiger partial charge in [-0.05, 0) is 30.2 Å². The van der Waals surface area contributed by atoms with Gasteiger partial charge in [-0.2, -0.15) is 0 Å². The number of benzene rings is 2. The zero-order valence-corrected chi connectivity index (χ0v) is 13.7. The molecule has 114 valence electrons. The van der Waals surface area contributed by atoms with E-state index in [0.717, 1.165) is 10.0 Å². The van der Waals surface area contributed by atoms with Crippen molar-refractivity contribution in [1.29, 1.82) is 0 Å². The van der Waals surface area contributed by atoms with Crippen molar-refractivity contribution in [2.45, 2.75) is 13.3 Å². The van der Waals surface area contributed by atoms with Gasteiger partial charge in [0.15, 0.2) is 0 Å². The SMILES string of the molecule is COC(=O)c1cc(Br)ccc1Cc1ccc(C)cc1[N+](=O)[O-]. The quantitative estimate of drug-likeness (QED) is 0.466. The van der Waals surface area contributed by atoms with Crippen LogP contribution in [0.1, 0.15) is 27.0 Å². The number of nitro benzene ring substituents is 1. The molecule has 2 rings (SSSR count). The van der Waals surface area contributed by atoms with Crippen molar-refractivity contribution in [3.8, 4) is 0 Å². The molecule has 0 spiro atoms. The number of halogens is 1. The summed E-state index contributed by atoms with van der Waals surface area (Å²) in [4.78, 5) is 22.7. The zero-order chi connectivity index (χ0) is 16.3. The Bertz CT molecular complexity index is 743. The van der Waals surface area contributed by atoms with Crippen LogP contribution in [0, 0.1) is 17.0 Å². The summed E-state index contributed by atoms with van der Waals surface area (Å²) in [5.74, 6) is -0.467. The number of ether oxygens (including phenoxy) is 1. The number of hydrogen-bond donors (Lipinski definition) is 0. The van der Waals surface area contributed by atoms with Gasteiger partial charge < -0.3 is 4.74 Å². The summed E-state index contributed by atoms with van der Waals surface area (Å²) in [6.45, 7) is 1.80. The number of esters is 1. The lowest BCUT2D eigenvalue weighted by molar-refractivity contribution is -0.385. The molecular weight excluding hydrogens is 350 g/mol. The highest BCUT2D eigenvalue weighted by Crippen LogP contribution is 2.26. The van der Waals surface area contributed by atoms with Crippen molar-refractivity contribution < 1.29 is 14.5 Å². The molecule has 0 amide bonds. The summed E-state index contributed by atoms with van der Waals surface area (Å²) in [6.07, 6.45) is 0.286. The van der Waals surface area contributed by atoms with Crippen LogP contribution in [0.15, 0.2) is 40.9 Å². The van der Waals surface area contributed by atoms with Gasteiger partial charge in [-0.25, -0.2) is 4.79 Å². The number of carbonyl (C=O) groups excluding carboxylic acids is 1. The number of methoxy groups -OCH3 is 1. The van der Waals surface area contributed by atoms with Crippen LogP contribution in [-0.4, -0.2) is 18.0 Å². The maximum absolute atomic E-state index is 11.9. The van der Waals surface area contributed by atoms with Gasteiger partial charge in [-0.1, -0.05) is 34.1 Å². The highest BCUT2D eigenvalue weighted by Gasteiger charge is 2.18. The van der Waals surface area contributed by atoms with Gasteiger partial charge in [0.25, 0.3) is 5.69 Å². The van der Waals surface area contributed by atoms with E-state index in [1.54, 1.807) is 31.2 Å². The molecule has 0 unspecified atom stereocenters. The minimum absolute atomic E-state index is 0.0544. The minimum atomic E-state index is -0.467. The van der Waals surface area contributed by atoms with Crippen molar-refractivity contribution in [3.05, 3.63) is 73.2 Å². The van der Waals surface area contributed by atoms with Crippen molar-refractivity contribution in [2.24, 2.45) is 0 Å². The molecule has 0 aliphatic rings.